The van der Waals surface area contributed by atoms with Crippen molar-refractivity contribution in [1.29, 1.82) is 0 Å². The summed E-state index contributed by atoms with van der Waals surface area (Å²) in [7, 11) is 1.77. The molecular weight excluding hydrogens is 554 g/mol. The molecule has 1 saturated heterocycles. The van der Waals surface area contributed by atoms with Gasteiger partial charge >= 0.3 is 0 Å². The van der Waals surface area contributed by atoms with Gasteiger partial charge in [-0.05, 0) is 69.4 Å². The van der Waals surface area contributed by atoms with Crippen molar-refractivity contribution in [3.63, 3.8) is 0 Å². The number of amides is 3. The van der Waals surface area contributed by atoms with Crippen LogP contribution >= 0.6 is 0 Å². The quantitative estimate of drug-likeness (QED) is 0.376. The first-order valence-electron chi connectivity index (χ1n) is 16.3. The van der Waals surface area contributed by atoms with E-state index in [0.29, 0.717) is 32.5 Å². The minimum atomic E-state index is -0.722. The standard InChI is InChI=1S/C35H47N5O4/c1-5-7-16-27-23(3)44-19-18-29(27)37-34(42)31-22-39-26(20-25-15-11-12-17-30(25)39)21-40(31)35(43)32(24-13-9-8-10-14-24)38-33(41)28(6-2)36-4/h1,7,11-12,15-17,24,26,28-29,31-32,36H,6,8-10,13-14,18-22H2,2-4H3,(H,37,42)(H,38,41)/b16-7-/t26?,28-,29+,31-,32?/m0/s1. The van der Waals surface area contributed by atoms with Gasteiger partial charge in [0.25, 0.3) is 0 Å². The van der Waals surface area contributed by atoms with Gasteiger partial charge in [-0.1, -0.05) is 50.3 Å². The Bertz CT molecular complexity index is 1320. The summed E-state index contributed by atoms with van der Waals surface area (Å²) < 4.78 is 5.76. The smallest absolute Gasteiger partial charge is 0.246 e. The number of benzene rings is 1. The average Bonchev–Trinajstić information content (AvgIpc) is 3.41. The molecule has 3 aliphatic heterocycles. The third-order valence-electron chi connectivity index (χ3n) is 9.88. The number of carbonyl (C=O) groups is 3. The number of fused-ring (bicyclic) bond motifs is 3. The second kappa shape index (κ2) is 14.3. The van der Waals surface area contributed by atoms with Crippen LogP contribution in [0.2, 0.25) is 0 Å². The highest BCUT2D eigenvalue weighted by molar-refractivity contribution is 5.94. The van der Waals surface area contributed by atoms with E-state index < -0.39 is 12.1 Å². The predicted octanol–water partition coefficient (Wildman–Crippen LogP) is 3.06. The first-order valence-corrected chi connectivity index (χ1v) is 16.3. The van der Waals surface area contributed by atoms with Crippen LogP contribution in [0, 0.1) is 18.3 Å². The Labute approximate surface area is 261 Å². The summed E-state index contributed by atoms with van der Waals surface area (Å²) in [5, 5.41) is 9.47. The fourth-order valence-corrected chi connectivity index (χ4v) is 7.45. The topological polar surface area (TPSA) is 103 Å². The van der Waals surface area contributed by atoms with Crippen molar-refractivity contribution in [1.82, 2.24) is 20.9 Å². The number of terminal acetylenes is 1. The molecule has 9 nitrogen and oxygen atoms in total. The van der Waals surface area contributed by atoms with Crippen LogP contribution in [0.4, 0.5) is 5.69 Å². The highest BCUT2D eigenvalue weighted by Crippen LogP contribution is 2.37. The third kappa shape index (κ3) is 6.66. The second-order valence-electron chi connectivity index (χ2n) is 12.5. The number of likely N-dealkylation sites (N-methyl/N-ethyl adjacent to an activating group) is 1. The largest absolute Gasteiger partial charge is 0.498 e. The molecule has 5 rings (SSSR count). The molecule has 4 aliphatic rings. The molecule has 9 heteroatoms. The monoisotopic (exact) mass is 601 g/mol. The highest BCUT2D eigenvalue weighted by Gasteiger charge is 2.46. The molecule has 0 spiro atoms. The Balaban J connectivity index is 1.46. The van der Waals surface area contributed by atoms with E-state index >= 15 is 0 Å². The molecule has 1 aliphatic carbocycles. The molecule has 1 aromatic rings. The Morgan fingerprint density at radius 3 is 2.64 bits per heavy atom. The van der Waals surface area contributed by atoms with Crippen molar-refractivity contribution in [3.05, 3.63) is 53.3 Å². The molecule has 2 unspecified atom stereocenters. The molecule has 236 valence electrons. The molecule has 0 aromatic heterocycles. The van der Waals surface area contributed by atoms with Gasteiger partial charge < -0.3 is 30.5 Å². The zero-order valence-electron chi connectivity index (χ0n) is 26.3. The average molecular weight is 602 g/mol. The predicted molar refractivity (Wildman–Crippen MR) is 172 cm³/mol. The first kappa shape index (κ1) is 31.6. The third-order valence-corrected chi connectivity index (χ3v) is 9.88. The Morgan fingerprint density at radius 1 is 1.14 bits per heavy atom. The molecule has 44 heavy (non-hydrogen) atoms. The van der Waals surface area contributed by atoms with Crippen LogP contribution in [0.5, 0.6) is 0 Å². The van der Waals surface area contributed by atoms with Crippen molar-refractivity contribution in [3.8, 4) is 12.3 Å². The van der Waals surface area contributed by atoms with Crippen molar-refractivity contribution >= 4 is 23.4 Å². The molecule has 3 amide bonds. The van der Waals surface area contributed by atoms with Gasteiger partial charge in [0, 0.05) is 30.8 Å². The van der Waals surface area contributed by atoms with Crippen LogP contribution in [-0.2, 0) is 25.5 Å². The van der Waals surface area contributed by atoms with E-state index in [-0.39, 0.29) is 41.8 Å². The maximum Gasteiger partial charge on any atom is 0.246 e. The maximum atomic E-state index is 14.7. The van der Waals surface area contributed by atoms with Crippen LogP contribution in [0.3, 0.4) is 0 Å². The van der Waals surface area contributed by atoms with E-state index in [0.717, 1.165) is 55.5 Å². The Kier molecular flexibility index (Phi) is 10.3. The number of piperazine rings is 1. The summed E-state index contributed by atoms with van der Waals surface area (Å²) in [6.07, 6.45) is 15.9. The number of nitrogens with one attached hydrogen (secondary N) is 3. The molecule has 0 bridgehead atoms. The molecule has 1 saturated carbocycles. The minimum absolute atomic E-state index is 0.0404. The number of ether oxygens (including phenoxy) is 1. The van der Waals surface area contributed by atoms with Gasteiger partial charge in [0.1, 0.15) is 12.1 Å². The van der Waals surface area contributed by atoms with E-state index in [1.165, 1.54) is 5.56 Å². The van der Waals surface area contributed by atoms with E-state index in [1.807, 2.05) is 32.1 Å². The molecular formula is C35H47N5O4. The number of hydrogen-bond acceptors (Lipinski definition) is 6. The van der Waals surface area contributed by atoms with Gasteiger partial charge in [0.2, 0.25) is 17.7 Å². The lowest BCUT2D eigenvalue weighted by Gasteiger charge is -2.46. The summed E-state index contributed by atoms with van der Waals surface area (Å²) in [6.45, 7) is 5.12. The molecule has 3 heterocycles. The number of anilines is 1. The van der Waals surface area contributed by atoms with Gasteiger partial charge in [-0.25, -0.2) is 0 Å². The van der Waals surface area contributed by atoms with E-state index in [4.69, 9.17) is 11.2 Å². The van der Waals surface area contributed by atoms with Gasteiger partial charge in [-0.2, -0.15) is 0 Å². The van der Waals surface area contributed by atoms with E-state index in [1.54, 1.807) is 18.0 Å². The lowest BCUT2D eigenvalue weighted by Crippen LogP contribution is -2.67. The molecule has 0 radical (unpaired) electrons. The lowest BCUT2D eigenvalue weighted by molar-refractivity contribution is -0.146. The normalized spacial score (nSPS) is 25.0. The van der Waals surface area contributed by atoms with Crippen LogP contribution in [0.1, 0.15) is 64.4 Å². The molecule has 2 fully saturated rings. The number of nitrogens with zero attached hydrogens (tertiary/aromatic N) is 2. The van der Waals surface area contributed by atoms with Gasteiger partial charge in [-0.3, -0.25) is 14.4 Å². The Morgan fingerprint density at radius 2 is 1.91 bits per heavy atom. The minimum Gasteiger partial charge on any atom is -0.498 e. The summed E-state index contributed by atoms with van der Waals surface area (Å²) in [6, 6.07) is 6.30. The van der Waals surface area contributed by atoms with Crippen LogP contribution in [-0.4, -0.2) is 79.6 Å². The summed E-state index contributed by atoms with van der Waals surface area (Å²) in [4.78, 5) is 46.4. The van der Waals surface area contributed by atoms with Gasteiger partial charge in [-0.15, -0.1) is 6.42 Å². The summed E-state index contributed by atoms with van der Waals surface area (Å²) >= 11 is 0. The van der Waals surface area contributed by atoms with Crippen LogP contribution in [0.25, 0.3) is 0 Å². The van der Waals surface area contributed by atoms with Crippen molar-refractivity contribution in [2.75, 3.05) is 31.6 Å². The first-order chi connectivity index (χ1) is 21.4. The highest BCUT2D eigenvalue weighted by atomic mass is 16.5. The Hall–Kier alpha value is -3.77. The number of carbonyl (C=O) groups excluding carboxylic acids is 3. The second-order valence-corrected chi connectivity index (χ2v) is 12.5. The fraction of sp³-hybridized carbons (Fsp3) is 0.571. The van der Waals surface area contributed by atoms with Crippen LogP contribution in [0.15, 0.2) is 47.7 Å². The van der Waals surface area contributed by atoms with Crippen molar-refractivity contribution in [2.45, 2.75) is 95.4 Å². The number of hydrogen-bond donors (Lipinski definition) is 3. The number of rotatable bonds is 9. The zero-order chi connectivity index (χ0) is 31.2. The molecule has 5 atom stereocenters. The summed E-state index contributed by atoms with van der Waals surface area (Å²) in [5.74, 6) is 2.77. The lowest BCUT2D eigenvalue weighted by atomic mass is 9.82. The van der Waals surface area contributed by atoms with Crippen molar-refractivity contribution in [2.24, 2.45) is 5.92 Å². The molecule has 3 N–H and O–H groups in total. The van der Waals surface area contributed by atoms with E-state index in [2.05, 4.69) is 38.9 Å². The number of allylic oxidation sites excluding steroid dienone is 2. The zero-order valence-corrected chi connectivity index (χ0v) is 26.3. The molecule has 1 aromatic carbocycles. The summed E-state index contributed by atoms with van der Waals surface area (Å²) in [5.41, 5.74) is 3.19. The fourth-order valence-electron chi connectivity index (χ4n) is 7.45. The maximum absolute atomic E-state index is 14.7. The van der Waals surface area contributed by atoms with Gasteiger partial charge in [0.05, 0.1) is 30.5 Å². The van der Waals surface area contributed by atoms with Crippen LogP contribution < -0.4 is 20.9 Å². The van der Waals surface area contributed by atoms with E-state index in [9.17, 15) is 14.4 Å². The van der Waals surface area contributed by atoms with Gasteiger partial charge in [0.15, 0.2) is 0 Å². The van der Waals surface area contributed by atoms with Crippen molar-refractivity contribution < 1.29 is 19.1 Å². The number of para-hydroxylation sites is 1. The SMILES string of the molecule is C#C/C=C\C1=C(C)OCC[C@H]1NC(=O)[C@@H]1CN2c3ccccc3CC2CN1C(=O)C(NC(=O)[C@H](CC)NC)C1CCCCC1.